The molecule has 2 amide bonds. The molecule has 0 saturated heterocycles. The van der Waals surface area contributed by atoms with Crippen molar-refractivity contribution >= 4 is 23.5 Å². The lowest BCUT2D eigenvalue weighted by Gasteiger charge is -2.13. The number of hydrogen-bond donors (Lipinski definition) is 3. The van der Waals surface area contributed by atoms with Gasteiger partial charge in [-0.25, -0.2) is 4.39 Å². The van der Waals surface area contributed by atoms with Crippen LogP contribution in [0.3, 0.4) is 0 Å². The van der Waals surface area contributed by atoms with E-state index >= 15 is 0 Å². The molecule has 2 aromatic carbocycles. The Labute approximate surface area is 156 Å². The number of aliphatic carboxylic acids is 1. The van der Waals surface area contributed by atoms with Crippen molar-refractivity contribution in [3.8, 4) is 0 Å². The smallest absolute Gasteiger partial charge is 0.325 e. The Hall–Kier alpha value is -3.22. The Kier molecular flexibility index (Phi) is 6.65. The molecule has 2 unspecified atom stereocenters. The highest BCUT2D eigenvalue weighted by Crippen LogP contribution is 2.20. The van der Waals surface area contributed by atoms with Crippen molar-refractivity contribution in [3.63, 3.8) is 0 Å². The van der Waals surface area contributed by atoms with Crippen molar-refractivity contribution in [2.24, 2.45) is 0 Å². The van der Waals surface area contributed by atoms with E-state index in [9.17, 15) is 18.8 Å². The molecular weight excluding hydrogens is 351 g/mol. The Morgan fingerprint density at radius 1 is 1.00 bits per heavy atom. The van der Waals surface area contributed by atoms with Crippen LogP contribution in [0.2, 0.25) is 0 Å². The van der Waals surface area contributed by atoms with Gasteiger partial charge < -0.3 is 15.7 Å². The Morgan fingerprint density at radius 3 is 2.15 bits per heavy atom. The number of hydrogen-bond acceptors (Lipinski definition) is 3. The minimum absolute atomic E-state index is 0.0758. The lowest BCUT2D eigenvalue weighted by Crippen LogP contribution is -2.38. The lowest BCUT2D eigenvalue weighted by atomic mass is 9.97. The molecule has 0 aliphatic carbocycles. The Balaban J connectivity index is 1.91. The Morgan fingerprint density at radius 2 is 1.59 bits per heavy atom. The van der Waals surface area contributed by atoms with E-state index in [1.54, 1.807) is 24.3 Å². The summed E-state index contributed by atoms with van der Waals surface area (Å²) < 4.78 is 13.0. The normalized spacial score (nSPS) is 12.7. The van der Waals surface area contributed by atoms with E-state index in [0.29, 0.717) is 11.3 Å². The summed E-state index contributed by atoms with van der Waals surface area (Å²) in [4.78, 5) is 34.9. The highest BCUT2D eigenvalue weighted by Gasteiger charge is 2.15. The molecular formula is C20H21FN2O4. The van der Waals surface area contributed by atoms with E-state index in [1.807, 2.05) is 6.92 Å². The van der Waals surface area contributed by atoms with E-state index in [0.717, 1.165) is 5.56 Å². The van der Waals surface area contributed by atoms with Crippen LogP contribution in [0.1, 0.15) is 42.1 Å². The maximum Gasteiger partial charge on any atom is 0.325 e. The number of benzene rings is 2. The van der Waals surface area contributed by atoms with E-state index < -0.39 is 17.9 Å². The van der Waals surface area contributed by atoms with Gasteiger partial charge in [0.25, 0.3) is 5.91 Å². The van der Waals surface area contributed by atoms with Gasteiger partial charge >= 0.3 is 5.97 Å². The number of carbonyl (C=O) groups excluding carboxylic acids is 2. The van der Waals surface area contributed by atoms with Gasteiger partial charge in [0.15, 0.2) is 0 Å². The fourth-order valence-corrected chi connectivity index (χ4v) is 2.45. The second-order valence-electron chi connectivity index (χ2n) is 6.32. The molecule has 2 aromatic rings. The highest BCUT2D eigenvalue weighted by atomic mass is 19.1. The molecule has 0 saturated carbocycles. The first-order chi connectivity index (χ1) is 12.8. The molecule has 2 rings (SSSR count). The summed E-state index contributed by atoms with van der Waals surface area (Å²) in [5.74, 6) is -2.23. The van der Waals surface area contributed by atoms with E-state index in [4.69, 9.17) is 5.11 Å². The Bertz CT molecular complexity index is 819. The molecule has 6 nitrogen and oxygen atoms in total. The zero-order valence-corrected chi connectivity index (χ0v) is 15.0. The predicted octanol–water partition coefficient (Wildman–Crippen LogP) is 3.16. The van der Waals surface area contributed by atoms with Gasteiger partial charge in [-0.3, -0.25) is 14.4 Å². The third-order valence-corrected chi connectivity index (χ3v) is 4.08. The van der Waals surface area contributed by atoms with Gasteiger partial charge in [0.05, 0.1) is 0 Å². The van der Waals surface area contributed by atoms with Crippen LogP contribution in [0.15, 0.2) is 48.5 Å². The molecule has 0 aliphatic rings. The maximum absolute atomic E-state index is 13.0. The summed E-state index contributed by atoms with van der Waals surface area (Å²) in [6.07, 6.45) is 0.226. The highest BCUT2D eigenvalue weighted by molar-refractivity contribution is 5.97. The van der Waals surface area contributed by atoms with Crippen LogP contribution in [0.5, 0.6) is 0 Å². The number of rotatable bonds is 7. The first kappa shape index (κ1) is 20.1. The van der Waals surface area contributed by atoms with Gasteiger partial charge in [-0.05, 0) is 54.8 Å². The van der Waals surface area contributed by atoms with Crippen molar-refractivity contribution in [3.05, 3.63) is 65.5 Å². The summed E-state index contributed by atoms with van der Waals surface area (Å²) in [6.45, 7) is 3.25. The molecule has 3 N–H and O–H groups in total. The third kappa shape index (κ3) is 5.91. The number of nitrogens with one attached hydrogen (secondary N) is 2. The number of carbonyl (C=O) groups is 3. The van der Waals surface area contributed by atoms with E-state index in [-0.39, 0.29) is 24.1 Å². The third-order valence-electron chi connectivity index (χ3n) is 4.08. The molecule has 0 radical (unpaired) electrons. The zero-order valence-electron chi connectivity index (χ0n) is 15.0. The van der Waals surface area contributed by atoms with Crippen molar-refractivity contribution < 1.29 is 23.9 Å². The second-order valence-corrected chi connectivity index (χ2v) is 6.32. The molecule has 0 aromatic heterocycles. The van der Waals surface area contributed by atoms with Crippen molar-refractivity contribution in [1.82, 2.24) is 5.32 Å². The summed E-state index contributed by atoms with van der Waals surface area (Å²) in [5, 5.41) is 13.9. The van der Waals surface area contributed by atoms with Crippen molar-refractivity contribution in [1.29, 1.82) is 0 Å². The molecule has 27 heavy (non-hydrogen) atoms. The molecule has 0 bridgehead atoms. The molecule has 142 valence electrons. The topological polar surface area (TPSA) is 95.5 Å². The minimum Gasteiger partial charge on any atom is -0.480 e. The standard InChI is InChI=1S/C20H21FN2O4/c1-12(14-3-7-16(21)8-4-14)11-18(24)23-17-9-5-15(6-10-17)19(25)22-13(2)20(26)27/h3-10,12-13H,11H2,1-2H3,(H,22,25)(H,23,24)(H,26,27). The second kappa shape index (κ2) is 8.93. The van der Waals surface area contributed by atoms with Gasteiger partial charge in [-0.1, -0.05) is 19.1 Å². The number of amides is 2. The number of anilines is 1. The summed E-state index contributed by atoms with van der Waals surface area (Å²) in [6, 6.07) is 11.2. The van der Waals surface area contributed by atoms with Gasteiger partial charge in [0.2, 0.25) is 5.91 Å². The summed E-state index contributed by atoms with van der Waals surface area (Å²) in [7, 11) is 0. The first-order valence-electron chi connectivity index (χ1n) is 8.45. The fraction of sp³-hybridized carbons (Fsp3) is 0.250. The van der Waals surface area contributed by atoms with Crippen LogP contribution in [0.25, 0.3) is 0 Å². The number of carboxylic acids is 1. The predicted molar refractivity (Wildman–Crippen MR) is 99.1 cm³/mol. The lowest BCUT2D eigenvalue weighted by molar-refractivity contribution is -0.138. The van der Waals surface area contributed by atoms with Crippen LogP contribution in [-0.4, -0.2) is 28.9 Å². The fourth-order valence-electron chi connectivity index (χ4n) is 2.45. The first-order valence-corrected chi connectivity index (χ1v) is 8.45. The molecule has 2 atom stereocenters. The van der Waals surface area contributed by atoms with Gasteiger partial charge in [0.1, 0.15) is 11.9 Å². The summed E-state index contributed by atoms with van der Waals surface area (Å²) >= 11 is 0. The molecule has 0 heterocycles. The molecule has 0 fully saturated rings. The van der Waals surface area contributed by atoms with Crippen molar-refractivity contribution in [2.45, 2.75) is 32.2 Å². The quantitative estimate of drug-likeness (QED) is 0.696. The SMILES string of the molecule is CC(NC(=O)c1ccc(NC(=O)CC(C)c2ccc(F)cc2)cc1)C(=O)O. The average Bonchev–Trinajstić information content (AvgIpc) is 2.62. The largest absolute Gasteiger partial charge is 0.480 e. The van der Waals surface area contributed by atoms with E-state index in [1.165, 1.54) is 31.2 Å². The van der Waals surface area contributed by atoms with Gasteiger partial charge in [-0.15, -0.1) is 0 Å². The zero-order chi connectivity index (χ0) is 20.0. The molecule has 0 spiro atoms. The van der Waals surface area contributed by atoms with Crippen LogP contribution in [-0.2, 0) is 9.59 Å². The average molecular weight is 372 g/mol. The number of halogens is 1. The van der Waals surface area contributed by atoms with E-state index in [2.05, 4.69) is 10.6 Å². The van der Waals surface area contributed by atoms with Crippen molar-refractivity contribution in [2.75, 3.05) is 5.32 Å². The van der Waals surface area contributed by atoms with Crippen LogP contribution < -0.4 is 10.6 Å². The monoisotopic (exact) mass is 372 g/mol. The minimum atomic E-state index is -1.12. The van der Waals surface area contributed by atoms with Crippen LogP contribution in [0.4, 0.5) is 10.1 Å². The van der Waals surface area contributed by atoms with Gasteiger partial charge in [-0.2, -0.15) is 0 Å². The maximum atomic E-state index is 13.0. The van der Waals surface area contributed by atoms with Gasteiger partial charge in [0, 0.05) is 17.7 Å². The van der Waals surface area contributed by atoms with Crippen LogP contribution in [0, 0.1) is 5.82 Å². The molecule has 0 aliphatic heterocycles. The van der Waals surface area contributed by atoms with Crippen LogP contribution >= 0.6 is 0 Å². The summed E-state index contributed by atoms with van der Waals surface area (Å²) in [5.41, 5.74) is 1.68. The molecule has 7 heteroatoms. The number of carboxylic acid groups (broad SMARTS) is 1.